The van der Waals surface area contributed by atoms with Crippen LogP contribution in [-0.4, -0.2) is 31.4 Å². The number of rotatable bonds is 8. The van der Waals surface area contributed by atoms with E-state index in [0.717, 1.165) is 12.0 Å². The van der Waals surface area contributed by atoms with Gasteiger partial charge in [0.15, 0.2) is 11.5 Å². The molecule has 0 fully saturated rings. The Kier molecular flexibility index (Phi) is 7.06. The van der Waals surface area contributed by atoms with Crippen molar-refractivity contribution in [3.63, 3.8) is 0 Å². The summed E-state index contributed by atoms with van der Waals surface area (Å²) in [7, 11) is 1.24. The van der Waals surface area contributed by atoms with E-state index in [1.54, 1.807) is 24.4 Å². The Bertz CT molecular complexity index is 979. The molecule has 174 valence electrons. The van der Waals surface area contributed by atoms with Gasteiger partial charge in [0.25, 0.3) is 0 Å². The SMILES string of the molecule is COC(=O)Nc1cc2c(cn1)COc1c-2ccc(OCC(C)(C)CC(C)C)c1OC(F)F. The summed E-state index contributed by atoms with van der Waals surface area (Å²) in [5.74, 6) is 0.923. The Hall–Kier alpha value is -3.10. The van der Waals surface area contributed by atoms with Crippen molar-refractivity contribution < 1.29 is 32.5 Å². The number of anilines is 1. The lowest BCUT2D eigenvalue weighted by molar-refractivity contribution is -0.0536. The van der Waals surface area contributed by atoms with Crippen LogP contribution in [0.2, 0.25) is 0 Å². The molecule has 0 atom stereocenters. The van der Waals surface area contributed by atoms with Gasteiger partial charge in [-0.1, -0.05) is 27.7 Å². The molecule has 1 aromatic carbocycles. The number of nitrogens with zero attached hydrogens (tertiary/aromatic N) is 1. The van der Waals surface area contributed by atoms with Gasteiger partial charge in [0.2, 0.25) is 5.75 Å². The van der Waals surface area contributed by atoms with Crippen LogP contribution in [0.1, 0.15) is 39.7 Å². The van der Waals surface area contributed by atoms with E-state index < -0.39 is 12.7 Å². The minimum absolute atomic E-state index is 0.107. The summed E-state index contributed by atoms with van der Waals surface area (Å²) in [5, 5.41) is 2.49. The number of nitrogens with one attached hydrogen (secondary N) is 1. The number of amides is 1. The average molecular weight is 450 g/mol. The third kappa shape index (κ3) is 5.57. The lowest BCUT2D eigenvalue weighted by atomic mass is 9.85. The van der Waals surface area contributed by atoms with Crippen LogP contribution in [0.25, 0.3) is 11.1 Å². The number of hydrogen-bond donors (Lipinski definition) is 1. The van der Waals surface area contributed by atoms with E-state index in [1.165, 1.54) is 7.11 Å². The predicted molar refractivity (Wildman–Crippen MR) is 115 cm³/mol. The number of pyridine rings is 1. The van der Waals surface area contributed by atoms with E-state index in [-0.39, 0.29) is 35.1 Å². The Morgan fingerprint density at radius 3 is 2.69 bits per heavy atom. The van der Waals surface area contributed by atoms with Crippen LogP contribution in [0.4, 0.5) is 19.4 Å². The normalized spacial score (nSPS) is 12.7. The van der Waals surface area contributed by atoms with E-state index in [4.69, 9.17) is 14.2 Å². The molecule has 1 aromatic heterocycles. The summed E-state index contributed by atoms with van der Waals surface area (Å²) in [6.45, 7) is 5.76. The molecule has 2 heterocycles. The third-order valence-corrected chi connectivity index (χ3v) is 4.93. The maximum Gasteiger partial charge on any atom is 0.412 e. The highest BCUT2D eigenvalue weighted by Crippen LogP contribution is 2.49. The largest absolute Gasteiger partial charge is 0.489 e. The lowest BCUT2D eigenvalue weighted by Crippen LogP contribution is -2.23. The summed E-state index contributed by atoms with van der Waals surface area (Å²) >= 11 is 0. The highest BCUT2D eigenvalue weighted by atomic mass is 19.3. The minimum atomic E-state index is -3.05. The van der Waals surface area contributed by atoms with E-state index in [0.29, 0.717) is 23.7 Å². The molecular formula is C23H28F2N2O5. The van der Waals surface area contributed by atoms with Gasteiger partial charge in [-0.25, -0.2) is 9.78 Å². The number of carbonyl (C=O) groups is 1. The molecule has 32 heavy (non-hydrogen) atoms. The number of alkyl halides is 2. The number of fused-ring (bicyclic) bond motifs is 3. The van der Waals surface area contributed by atoms with Gasteiger partial charge < -0.3 is 18.9 Å². The van der Waals surface area contributed by atoms with Crippen molar-refractivity contribution in [2.75, 3.05) is 19.0 Å². The van der Waals surface area contributed by atoms with Crippen LogP contribution in [0.3, 0.4) is 0 Å². The first-order valence-corrected chi connectivity index (χ1v) is 10.3. The maximum absolute atomic E-state index is 13.3. The molecule has 1 N–H and O–H groups in total. The first-order chi connectivity index (χ1) is 15.1. The Morgan fingerprint density at radius 1 is 1.28 bits per heavy atom. The number of benzene rings is 1. The van der Waals surface area contributed by atoms with Crippen LogP contribution >= 0.6 is 0 Å². The summed E-state index contributed by atoms with van der Waals surface area (Å²) in [6, 6.07) is 4.94. The van der Waals surface area contributed by atoms with Crippen LogP contribution in [-0.2, 0) is 11.3 Å². The molecule has 1 aliphatic rings. The Balaban J connectivity index is 1.97. The van der Waals surface area contributed by atoms with E-state index in [2.05, 4.69) is 42.7 Å². The lowest BCUT2D eigenvalue weighted by Gasteiger charge is -2.28. The standard InChI is InChI=1S/C23H28F2N2O5/c1-13(2)9-23(3,4)12-31-17-7-6-15-16-8-18(27-22(28)29-5)26-10-14(16)11-30-19(15)20(17)32-21(24)25/h6-8,10,13,21H,9,11-12H2,1-5H3,(H,26,27,28). The van der Waals surface area contributed by atoms with Gasteiger partial charge in [-0.2, -0.15) is 8.78 Å². The van der Waals surface area contributed by atoms with Crippen molar-refractivity contribution in [1.29, 1.82) is 0 Å². The number of carbonyl (C=O) groups excluding carboxylic acids is 1. The fourth-order valence-electron chi connectivity index (χ4n) is 3.87. The van der Waals surface area contributed by atoms with Gasteiger partial charge in [0.1, 0.15) is 12.4 Å². The van der Waals surface area contributed by atoms with Crippen molar-refractivity contribution >= 4 is 11.9 Å². The molecule has 0 aliphatic carbocycles. The number of methoxy groups -OCH3 is 1. The van der Waals surface area contributed by atoms with Gasteiger partial charge in [0, 0.05) is 17.3 Å². The zero-order valence-electron chi connectivity index (χ0n) is 18.8. The van der Waals surface area contributed by atoms with Gasteiger partial charge in [0.05, 0.1) is 13.7 Å². The quantitative estimate of drug-likeness (QED) is 0.542. The minimum Gasteiger partial charge on any atom is -0.489 e. The first kappa shape index (κ1) is 23.6. The molecule has 2 aromatic rings. The van der Waals surface area contributed by atoms with Crippen molar-refractivity contribution in [3.8, 4) is 28.4 Å². The average Bonchev–Trinajstić information content (AvgIpc) is 2.71. The topological polar surface area (TPSA) is 78.9 Å². The molecule has 7 nitrogen and oxygen atoms in total. The van der Waals surface area contributed by atoms with Crippen molar-refractivity contribution in [2.24, 2.45) is 11.3 Å². The van der Waals surface area contributed by atoms with E-state index >= 15 is 0 Å². The third-order valence-electron chi connectivity index (χ3n) is 4.93. The van der Waals surface area contributed by atoms with Crippen LogP contribution in [0.15, 0.2) is 24.4 Å². The van der Waals surface area contributed by atoms with Crippen LogP contribution < -0.4 is 19.5 Å². The molecule has 0 saturated heterocycles. The molecule has 1 amide bonds. The first-order valence-electron chi connectivity index (χ1n) is 10.3. The Labute approximate surface area is 186 Å². The maximum atomic E-state index is 13.3. The predicted octanol–water partition coefficient (Wildman–Crippen LogP) is 5.87. The second kappa shape index (κ2) is 9.58. The highest BCUT2D eigenvalue weighted by Gasteiger charge is 2.28. The molecule has 3 rings (SSSR count). The van der Waals surface area contributed by atoms with Crippen molar-refractivity contribution in [3.05, 3.63) is 30.0 Å². The van der Waals surface area contributed by atoms with Crippen LogP contribution in [0, 0.1) is 11.3 Å². The molecular weight excluding hydrogens is 422 g/mol. The second-order valence-electron chi connectivity index (χ2n) is 8.83. The summed E-state index contributed by atoms with van der Waals surface area (Å²) in [5.41, 5.74) is 1.80. The zero-order chi connectivity index (χ0) is 23.5. The molecule has 0 bridgehead atoms. The van der Waals surface area contributed by atoms with Crippen molar-refractivity contribution in [1.82, 2.24) is 4.98 Å². The smallest absolute Gasteiger partial charge is 0.412 e. The fourth-order valence-corrected chi connectivity index (χ4v) is 3.87. The molecule has 1 aliphatic heterocycles. The van der Waals surface area contributed by atoms with Crippen LogP contribution in [0.5, 0.6) is 17.2 Å². The van der Waals surface area contributed by atoms with Gasteiger partial charge in [-0.15, -0.1) is 0 Å². The van der Waals surface area contributed by atoms with Gasteiger partial charge in [-0.05, 0) is 41.5 Å². The summed E-state index contributed by atoms with van der Waals surface area (Å²) in [4.78, 5) is 15.7. The summed E-state index contributed by atoms with van der Waals surface area (Å²) < 4.78 is 47.6. The zero-order valence-corrected chi connectivity index (χ0v) is 18.8. The van der Waals surface area contributed by atoms with Crippen molar-refractivity contribution in [2.45, 2.75) is 47.3 Å². The van der Waals surface area contributed by atoms with E-state index in [1.807, 2.05) is 0 Å². The number of ether oxygens (including phenoxy) is 4. The molecule has 9 heteroatoms. The number of halogens is 2. The highest BCUT2D eigenvalue weighted by molar-refractivity contribution is 5.86. The molecule has 0 spiro atoms. The summed E-state index contributed by atoms with van der Waals surface area (Å²) in [6.07, 6.45) is 1.80. The molecule has 0 radical (unpaired) electrons. The van der Waals surface area contributed by atoms with E-state index in [9.17, 15) is 13.6 Å². The van der Waals surface area contributed by atoms with Gasteiger partial charge in [-0.3, -0.25) is 5.32 Å². The number of hydrogen-bond acceptors (Lipinski definition) is 6. The number of aromatic nitrogens is 1. The molecule has 0 saturated carbocycles. The monoisotopic (exact) mass is 450 g/mol. The second-order valence-corrected chi connectivity index (χ2v) is 8.83. The fraction of sp³-hybridized carbons (Fsp3) is 0.478. The van der Waals surface area contributed by atoms with Gasteiger partial charge >= 0.3 is 12.7 Å². The Morgan fingerprint density at radius 2 is 2.03 bits per heavy atom. The molecule has 0 unspecified atom stereocenters.